The molecule has 0 saturated heterocycles. The van der Waals surface area contributed by atoms with Gasteiger partial charge in [-0.3, -0.25) is 4.99 Å². The zero-order valence-electron chi connectivity index (χ0n) is 14.5. The van der Waals surface area contributed by atoms with Gasteiger partial charge in [0.15, 0.2) is 5.96 Å². The van der Waals surface area contributed by atoms with E-state index >= 15 is 0 Å². The van der Waals surface area contributed by atoms with Crippen LogP contribution in [0.15, 0.2) is 17.1 Å². The van der Waals surface area contributed by atoms with Crippen molar-refractivity contribution in [1.82, 2.24) is 15.5 Å². The highest BCUT2D eigenvalue weighted by Crippen LogP contribution is 2.16. The van der Waals surface area contributed by atoms with Crippen molar-refractivity contribution in [3.8, 4) is 0 Å². The number of guanidine groups is 1. The Kier molecular flexibility index (Phi) is 9.11. The molecule has 0 radical (unpaired) electrons. The lowest BCUT2D eigenvalue weighted by Crippen LogP contribution is -2.45. The van der Waals surface area contributed by atoms with E-state index in [1.165, 1.54) is 9.75 Å². The maximum atomic E-state index is 5.07. The molecule has 1 unspecified atom stereocenters. The van der Waals surface area contributed by atoms with E-state index in [0.717, 1.165) is 38.6 Å². The molecule has 0 aromatic carbocycles. The van der Waals surface area contributed by atoms with Gasteiger partial charge in [-0.15, -0.1) is 11.3 Å². The average Bonchev–Trinajstić information content (AvgIpc) is 2.88. The van der Waals surface area contributed by atoms with Gasteiger partial charge in [0.2, 0.25) is 0 Å². The second kappa shape index (κ2) is 10.6. The molecular formula is C16H30N4OS. The Hall–Kier alpha value is -1.11. The summed E-state index contributed by atoms with van der Waals surface area (Å²) in [6, 6.07) is 4.74. The Labute approximate surface area is 138 Å². The molecule has 0 saturated carbocycles. The Morgan fingerprint density at radius 2 is 2.18 bits per heavy atom. The molecule has 0 aliphatic rings. The number of rotatable bonds is 9. The van der Waals surface area contributed by atoms with Crippen molar-refractivity contribution in [2.24, 2.45) is 4.99 Å². The van der Waals surface area contributed by atoms with Crippen LogP contribution in [0.5, 0.6) is 0 Å². The molecule has 1 heterocycles. The summed E-state index contributed by atoms with van der Waals surface area (Å²) in [6.07, 6.45) is 1.02. The van der Waals surface area contributed by atoms with Crippen LogP contribution in [0.3, 0.4) is 0 Å². The van der Waals surface area contributed by atoms with Crippen LogP contribution in [0.4, 0.5) is 0 Å². The zero-order valence-corrected chi connectivity index (χ0v) is 15.3. The molecule has 5 nitrogen and oxygen atoms in total. The number of nitrogens with zero attached hydrogens (tertiary/aromatic N) is 2. The standard InChI is InChI=1S/C16H30N4OS/c1-13(12-15-7-6-14(2)22-15)19-16(17-3)18-8-9-20(4)10-11-21-5/h6-7,13H,8-12H2,1-5H3,(H2,17,18,19). The number of aryl methyl sites for hydroxylation is 1. The molecule has 0 aliphatic carbocycles. The lowest BCUT2D eigenvalue weighted by molar-refractivity contribution is 0.162. The molecular weight excluding hydrogens is 296 g/mol. The van der Waals surface area contributed by atoms with Crippen LogP contribution in [0, 0.1) is 6.92 Å². The molecule has 0 amide bonds. The minimum absolute atomic E-state index is 0.357. The number of thiophene rings is 1. The van der Waals surface area contributed by atoms with Crippen molar-refractivity contribution >= 4 is 17.3 Å². The predicted molar refractivity (Wildman–Crippen MR) is 96.1 cm³/mol. The van der Waals surface area contributed by atoms with E-state index < -0.39 is 0 Å². The molecule has 1 atom stereocenters. The van der Waals surface area contributed by atoms with Crippen molar-refractivity contribution in [2.45, 2.75) is 26.3 Å². The second-order valence-corrected chi connectivity index (χ2v) is 6.93. The van der Waals surface area contributed by atoms with E-state index in [0.29, 0.717) is 6.04 Å². The first-order chi connectivity index (χ1) is 10.5. The van der Waals surface area contributed by atoms with Gasteiger partial charge in [0.25, 0.3) is 0 Å². The van der Waals surface area contributed by atoms with Gasteiger partial charge in [-0.05, 0) is 33.0 Å². The van der Waals surface area contributed by atoms with E-state index in [1.807, 2.05) is 18.4 Å². The molecule has 2 N–H and O–H groups in total. The summed E-state index contributed by atoms with van der Waals surface area (Å²) in [5.74, 6) is 0.862. The SMILES string of the molecule is CN=C(NCCN(C)CCOC)NC(C)Cc1ccc(C)s1. The van der Waals surface area contributed by atoms with E-state index in [1.54, 1.807) is 7.11 Å². The fraction of sp³-hybridized carbons (Fsp3) is 0.688. The van der Waals surface area contributed by atoms with E-state index in [2.05, 4.69) is 53.6 Å². The van der Waals surface area contributed by atoms with Gasteiger partial charge in [0, 0.05) is 56.0 Å². The van der Waals surface area contributed by atoms with Crippen LogP contribution >= 0.6 is 11.3 Å². The Balaban J connectivity index is 2.26. The predicted octanol–water partition coefficient (Wildman–Crippen LogP) is 1.73. The molecule has 0 fully saturated rings. The summed E-state index contributed by atoms with van der Waals surface area (Å²) in [5.41, 5.74) is 0. The van der Waals surface area contributed by atoms with Crippen molar-refractivity contribution in [2.75, 3.05) is 47.4 Å². The lowest BCUT2D eigenvalue weighted by atomic mass is 10.2. The van der Waals surface area contributed by atoms with E-state index in [9.17, 15) is 0 Å². The van der Waals surface area contributed by atoms with Crippen molar-refractivity contribution in [1.29, 1.82) is 0 Å². The van der Waals surface area contributed by atoms with Crippen LogP contribution in [-0.4, -0.2) is 64.3 Å². The number of hydrogen-bond donors (Lipinski definition) is 2. The van der Waals surface area contributed by atoms with Crippen LogP contribution in [0.2, 0.25) is 0 Å². The van der Waals surface area contributed by atoms with Crippen molar-refractivity contribution in [3.05, 3.63) is 21.9 Å². The summed E-state index contributed by atoms with van der Waals surface area (Å²) >= 11 is 1.86. The number of ether oxygens (including phenoxy) is 1. The highest BCUT2D eigenvalue weighted by Gasteiger charge is 2.08. The molecule has 22 heavy (non-hydrogen) atoms. The fourth-order valence-corrected chi connectivity index (χ4v) is 3.12. The van der Waals surface area contributed by atoms with Gasteiger partial charge >= 0.3 is 0 Å². The highest BCUT2D eigenvalue weighted by atomic mass is 32.1. The molecule has 1 aromatic heterocycles. The third-order valence-corrected chi connectivity index (χ3v) is 4.40. The van der Waals surface area contributed by atoms with Gasteiger partial charge in [0.1, 0.15) is 0 Å². The summed E-state index contributed by atoms with van der Waals surface area (Å²) in [5, 5.41) is 6.80. The van der Waals surface area contributed by atoms with Crippen LogP contribution in [0.25, 0.3) is 0 Å². The number of nitrogens with one attached hydrogen (secondary N) is 2. The molecule has 126 valence electrons. The second-order valence-electron chi connectivity index (χ2n) is 5.56. The largest absolute Gasteiger partial charge is 0.383 e. The maximum absolute atomic E-state index is 5.07. The number of likely N-dealkylation sites (N-methyl/N-ethyl adjacent to an activating group) is 1. The Morgan fingerprint density at radius 1 is 1.41 bits per heavy atom. The topological polar surface area (TPSA) is 48.9 Å². The van der Waals surface area contributed by atoms with Crippen molar-refractivity contribution in [3.63, 3.8) is 0 Å². The van der Waals surface area contributed by atoms with Gasteiger partial charge in [0.05, 0.1) is 6.61 Å². The van der Waals surface area contributed by atoms with Crippen molar-refractivity contribution < 1.29 is 4.74 Å². The number of methoxy groups -OCH3 is 1. The van der Waals surface area contributed by atoms with Gasteiger partial charge < -0.3 is 20.3 Å². The molecule has 0 spiro atoms. The van der Waals surface area contributed by atoms with Crippen LogP contribution in [-0.2, 0) is 11.2 Å². The quantitative estimate of drug-likeness (QED) is 0.536. The third kappa shape index (κ3) is 7.77. The van der Waals surface area contributed by atoms with E-state index in [-0.39, 0.29) is 0 Å². The summed E-state index contributed by atoms with van der Waals surface area (Å²) < 4.78 is 5.07. The highest BCUT2D eigenvalue weighted by molar-refractivity contribution is 7.11. The zero-order chi connectivity index (χ0) is 16.4. The molecule has 1 rings (SSSR count). The fourth-order valence-electron chi connectivity index (χ4n) is 2.10. The summed E-state index contributed by atoms with van der Waals surface area (Å²) in [4.78, 5) is 9.30. The molecule has 1 aromatic rings. The summed E-state index contributed by atoms with van der Waals surface area (Å²) in [7, 11) is 5.64. The smallest absolute Gasteiger partial charge is 0.191 e. The Morgan fingerprint density at radius 3 is 2.77 bits per heavy atom. The average molecular weight is 327 g/mol. The maximum Gasteiger partial charge on any atom is 0.191 e. The number of hydrogen-bond acceptors (Lipinski definition) is 4. The molecule has 0 bridgehead atoms. The Bertz CT molecular complexity index is 447. The first-order valence-electron chi connectivity index (χ1n) is 7.75. The van der Waals surface area contributed by atoms with Gasteiger partial charge in [-0.2, -0.15) is 0 Å². The van der Waals surface area contributed by atoms with E-state index in [4.69, 9.17) is 4.74 Å². The van der Waals surface area contributed by atoms with Gasteiger partial charge in [-0.25, -0.2) is 0 Å². The molecule has 0 aliphatic heterocycles. The monoisotopic (exact) mass is 326 g/mol. The molecule has 6 heteroatoms. The number of aliphatic imine (C=N–C) groups is 1. The first-order valence-corrected chi connectivity index (χ1v) is 8.56. The normalized spacial score (nSPS) is 13.5. The summed E-state index contributed by atoms with van der Waals surface area (Å²) in [6.45, 7) is 7.87. The minimum atomic E-state index is 0.357. The third-order valence-electron chi connectivity index (χ3n) is 3.37. The van der Waals surface area contributed by atoms with Gasteiger partial charge in [-0.1, -0.05) is 0 Å². The lowest BCUT2D eigenvalue weighted by Gasteiger charge is -2.20. The first kappa shape index (κ1) is 18.9. The minimum Gasteiger partial charge on any atom is -0.383 e. The van der Waals surface area contributed by atoms with Crippen LogP contribution in [0.1, 0.15) is 16.7 Å². The van der Waals surface area contributed by atoms with Crippen LogP contribution < -0.4 is 10.6 Å².